The summed E-state index contributed by atoms with van der Waals surface area (Å²) in [5.74, 6) is 0.258. The van der Waals surface area contributed by atoms with Gasteiger partial charge < -0.3 is 9.84 Å². The molecule has 1 aromatic carbocycles. The maximum absolute atomic E-state index is 10.6. The van der Waals surface area contributed by atoms with Crippen molar-refractivity contribution in [1.82, 2.24) is 0 Å². The van der Waals surface area contributed by atoms with Crippen LogP contribution in [0.2, 0.25) is 0 Å². The van der Waals surface area contributed by atoms with Crippen molar-refractivity contribution in [2.45, 2.75) is 39.5 Å². The van der Waals surface area contributed by atoms with E-state index in [0.717, 1.165) is 24.3 Å². The number of rotatable bonds is 3. The fourth-order valence-corrected chi connectivity index (χ4v) is 1.89. The second kappa shape index (κ2) is 6.28. The zero-order chi connectivity index (χ0) is 12.8. The predicted octanol–water partition coefficient (Wildman–Crippen LogP) is 3.23. The van der Waals surface area contributed by atoms with Gasteiger partial charge in [0.1, 0.15) is 5.75 Å². The van der Waals surface area contributed by atoms with E-state index in [4.69, 9.17) is 9.84 Å². The molecule has 0 spiro atoms. The van der Waals surface area contributed by atoms with Gasteiger partial charge in [0.2, 0.25) is 0 Å². The van der Waals surface area contributed by atoms with Gasteiger partial charge in [-0.15, -0.1) is 0 Å². The van der Waals surface area contributed by atoms with E-state index in [9.17, 15) is 4.79 Å². The van der Waals surface area contributed by atoms with E-state index in [2.05, 4.69) is 6.07 Å². The highest BCUT2D eigenvalue weighted by molar-refractivity contribution is 5.68. The molecule has 0 aliphatic carbocycles. The molecule has 1 N–H and O–H groups in total. The Kier molecular flexibility index (Phi) is 5.01. The summed E-state index contributed by atoms with van der Waals surface area (Å²) >= 11 is 0. The number of hydrogen-bond acceptors (Lipinski definition) is 2. The first kappa shape index (κ1) is 13.6. The van der Waals surface area contributed by atoms with E-state index in [0.29, 0.717) is 0 Å². The smallest absolute Gasteiger partial charge is 0.303 e. The summed E-state index contributed by atoms with van der Waals surface area (Å²) < 4.78 is 5.40. The average molecular weight is 236 g/mol. The molecule has 1 aromatic rings. The fraction of sp³-hybridized carbons (Fsp3) is 0.500. The van der Waals surface area contributed by atoms with Crippen LogP contribution >= 0.6 is 0 Å². The van der Waals surface area contributed by atoms with E-state index in [1.807, 2.05) is 32.9 Å². The first-order chi connectivity index (χ1) is 8.16. The van der Waals surface area contributed by atoms with Crippen LogP contribution < -0.4 is 4.74 Å². The van der Waals surface area contributed by atoms with Gasteiger partial charge in [0.25, 0.3) is 0 Å². The van der Waals surface area contributed by atoms with Crippen molar-refractivity contribution >= 4 is 5.97 Å². The van der Waals surface area contributed by atoms with Crippen molar-refractivity contribution in [3.05, 3.63) is 29.3 Å². The van der Waals surface area contributed by atoms with Crippen LogP contribution in [0.25, 0.3) is 0 Å². The van der Waals surface area contributed by atoms with Gasteiger partial charge in [-0.3, -0.25) is 4.79 Å². The van der Waals surface area contributed by atoms with Crippen LogP contribution in [0.5, 0.6) is 5.75 Å². The van der Waals surface area contributed by atoms with E-state index in [1.165, 1.54) is 5.56 Å². The Balaban J connectivity index is 0.000000686. The lowest BCUT2D eigenvalue weighted by atomic mass is 9.95. The first-order valence-electron chi connectivity index (χ1n) is 6.14. The highest BCUT2D eigenvalue weighted by Crippen LogP contribution is 2.29. The Morgan fingerprint density at radius 3 is 2.82 bits per heavy atom. The standard InChI is InChI=1S/C12H14O3.C2H6/c1-8(6-12(13)14)9-2-3-11-10(7-9)4-5-15-11;1-2/h2-3,7-8H,4-6H2,1H3,(H,13,14);1-2H3. The topological polar surface area (TPSA) is 46.5 Å². The molecule has 3 nitrogen and oxygen atoms in total. The maximum atomic E-state index is 10.6. The predicted molar refractivity (Wildman–Crippen MR) is 67.7 cm³/mol. The molecular formula is C14H20O3. The van der Waals surface area contributed by atoms with Gasteiger partial charge in [0, 0.05) is 6.42 Å². The Bertz CT molecular complexity index is 385. The molecule has 3 heteroatoms. The molecule has 1 heterocycles. The Morgan fingerprint density at radius 2 is 2.18 bits per heavy atom. The zero-order valence-electron chi connectivity index (χ0n) is 10.7. The summed E-state index contributed by atoms with van der Waals surface area (Å²) in [5.41, 5.74) is 2.28. The van der Waals surface area contributed by atoms with Gasteiger partial charge in [-0.25, -0.2) is 0 Å². The monoisotopic (exact) mass is 236 g/mol. The summed E-state index contributed by atoms with van der Waals surface area (Å²) in [5, 5.41) is 8.71. The summed E-state index contributed by atoms with van der Waals surface area (Å²) in [6.07, 6.45) is 1.11. The lowest BCUT2D eigenvalue weighted by molar-refractivity contribution is -0.137. The highest BCUT2D eigenvalue weighted by atomic mass is 16.5. The van der Waals surface area contributed by atoms with Crippen molar-refractivity contribution < 1.29 is 14.6 Å². The molecule has 0 saturated heterocycles. The molecule has 0 aromatic heterocycles. The normalized spacial score (nSPS) is 14.1. The minimum absolute atomic E-state index is 0.0633. The maximum Gasteiger partial charge on any atom is 0.303 e. The minimum atomic E-state index is -0.751. The number of fused-ring (bicyclic) bond motifs is 1. The quantitative estimate of drug-likeness (QED) is 0.876. The third-order valence-electron chi connectivity index (χ3n) is 2.76. The molecule has 0 saturated carbocycles. The second-order valence-corrected chi connectivity index (χ2v) is 3.96. The molecule has 1 aliphatic rings. The van der Waals surface area contributed by atoms with E-state index < -0.39 is 5.97 Å². The van der Waals surface area contributed by atoms with Crippen LogP contribution in [-0.2, 0) is 11.2 Å². The van der Waals surface area contributed by atoms with Gasteiger partial charge in [-0.05, 0) is 23.1 Å². The summed E-state index contributed by atoms with van der Waals surface area (Å²) in [7, 11) is 0. The van der Waals surface area contributed by atoms with Crippen LogP contribution in [0.4, 0.5) is 0 Å². The number of benzene rings is 1. The Hall–Kier alpha value is -1.51. The number of ether oxygens (including phenoxy) is 1. The first-order valence-corrected chi connectivity index (χ1v) is 6.14. The van der Waals surface area contributed by atoms with Crippen molar-refractivity contribution in [3.8, 4) is 5.75 Å². The molecule has 1 aliphatic heterocycles. The number of carboxylic acids is 1. The summed E-state index contributed by atoms with van der Waals surface area (Å²) in [4.78, 5) is 10.6. The fourth-order valence-electron chi connectivity index (χ4n) is 1.89. The molecular weight excluding hydrogens is 216 g/mol. The number of aliphatic carboxylic acids is 1. The number of carbonyl (C=O) groups is 1. The van der Waals surface area contributed by atoms with Crippen LogP contribution in [0.1, 0.15) is 44.2 Å². The van der Waals surface area contributed by atoms with Crippen molar-refractivity contribution in [2.24, 2.45) is 0 Å². The van der Waals surface area contributed by atoms with Gasteiger partial charge in [0.05, 0.1) is 13.0 Å². The van der Waals surface area contributed by atoms with Gasteiger partial charge in [-0.1, -0.05) is 32.9 Å². The molecule has 1 unspecified atom stereocenters. The summed E-state index contributed by atoms with van der Waals surface area (Å²) in [6.45, 7) is 6.68. The van der Waals surface area contributed by atoms with Crippen molar-refractivity contribution in [1.29, 1.82) is 0 Å². The van der Waals surface area contributed by atoms with E-state index >= 15 is 0 Å². The van der Waals surface area contributed by atoms with Crippen LogP contribution in [-0.4, -0.2) is 17.7 Å². The van der Waals surface area contributed by atoms with E-state index in [1.54, 1.807) is 0 Å². The van der Waals surface area contributed by atoms with Crippen LogP contribution in [0, 0.1) is 0 Å². The lowest BCUT2D eigenvalue weighted by Crippen LogP contribution is -2.02. The average Bonchev–Trinajstić information content (AvgIpc) is 2.77. The molecule has 0 fully saturated rings. The lowest BCUT2D eigenvalue weighted by Gasteiger charge is -2.10. The second-order valence-electron chi connectivity index (χ2n) is 3.96. The third kappa shape index (κ3) is 3.48. The Labute approximate surface area is 102 Å². The van der Waals surface area contributed by atoms with Crippen molar-refractivity contribution in [3.63, 3.8) is 0 Å². The number of hydrogen-bond donors (Lipinski definition) is 1. The molecule has 94 valence electrons. The van der Waals surface area contributed by atoms with Gasteiger partial charge in [0.15, 0.2) is 0 Å². The summed E-state index contributed by atoms with van der Waals surface area (Å²) in [6, 6.07) is 5.96. The van der Waals surface area contributed by atoms with Crippen LogP contribution in [0.15, 0.2) is 18.2 Å². The third-order valence-corrected chi connectivity index (χ3v) is 2.76. The van der Waals surface area contributed by atoms with Gasteiger partial charge >= 0.3 is 5.97 Å². The SMILES string of the molecule is CC.CC(CC(=O)O)c1ccc2c(c1)CCO2. The minimum Gasteiger partial charge on any atom is -0.493 e. The van der Waals surface area contributed by atoms with Gasteiger partial charge in [-0.2, -0.15) is 0 Å². The molecule has 2 rings (SSSR count). The van der Waals surface area contributed by atoms with E-state index in [-0.39, 0.29) is 12.3 Å². The largest absolute Gasteiger partial charge is 0.493 e. The van der Waals surface area contributed by atoms with Crippen molar-refractivity contribution in [2.75, 3.05) is 6.61 Å². The highest BCUT2D eigenvalue weighted by Gasteiger charge is 2.15. The molecule has 0 amide bonds. The Morgan fingerprint density at radius 1 is 1.47 bits per heavy atom. The molecule has 17 heavy (non-hydrogen) atoms. The molecule has 1 atom stereocenters. The molecule has 0 radical (unpaired) electrons. The molecule has 0 bridgehead atoms. The van der Waals surface area contributed by atoms with Crippen LogP contribution in [0.3, 0.4) is 0 Å². The number of carboxylic acid groups (broad SMARTS) is 1. The zero-order valence-corrected chi connectivity index (χ0v) is 10.7.